The second kappa shape index (κ2) is 2.96. The van der Waals surface area contributed by atoms with Gasteiger partial charge in [0, 0.05) is 18.5 Å². The van der Waals surface area contributed by atoms with Crippen molar-refractivity contribution in [1.82, 2.24) is 5.32 Å². The molecule has 0 amide bonds. The Hall–Kier alpha value is -0.570. The Labute approximate surface area is 84.9 Å². The van der Waals surface area contributed by atoms with Gasteiger partial charge >= 0.3 is 5.97 Å². The minimum absolute atomic E-state index is 0.0127. The first kappa shape index (κ1) is 9.97. The number of nitrogens with one attached hydrogen (secondary N) is 1. The third kappa shape index (κ3) is 1.11. The molecule has 2 unspecified atom stereocenters. The number of rotatable bonds is 1. The van der Waals surface area contributed by atoms with Crippen LogP contribution in [0.3, 0.4) is 0 Å². The molecule has 14 heavy (non-hydrogen) atoms. The van der Waals surface area contributed by atoms with Crippen molar-refractivity contribution in [3.05, 3.63) is 0 Å². The molecule has 0 radical (unpaired) electrons. The summed E-state index contributed by atoms with van der Waals surface area (Å²) in [5.74, 6) is -0.801. The lowest BCUT2D eigenvalue weighted by Crippen LogP contribution is -2.43. The van der Waals surface area contributed by atoms with E-state index in [4.69, 9.17) is 0 Å². The SMILES string of the molecule is CC1(C)CCCC12CNCC2C(=O)O. The lowest BCUT2D eigenvalue weighted by Gasteiger charge is -2.40. The first-order chi connectivity index (χ1) is 6.50. The fourth-order valence-electron chi connectivity index (χ4n) is 3.49. The Morgan fingerprint density at radius 3 is 2.64 bits per heavy atom. The molecule has 0 aromatic rings. The van der Waals surface area contributed by atoms with Crippen LogP contribution in [-0.4, -0.2) is 24.2 Å². The second-order valence-electron chi connectivity index (χ2n) is 5.42. The molecule has 2 rings (SSSR count). The maximum atomic E-state index is 11.2. The smallest absolute Gasteiger partial charge is 0.308 e. The lowest BCUT2D eigenvalue weighted by molar-refractivity contribution is -0.147. The molecular weight excluding hydrogens is 178 g/mol. The topological polar surface area (TPSA) is 49.3 Å². The normalized spacial score (nSPS) is 40.6. The van der Waals surface area contributed by atoms with Gasteiger partial charge in [-0.1, -0.05) is 20.3 Å². The Balaban J connectivity index is 2.34. The minimum atomic E-state index is -0.620. The summed E-state index contributed by atoms with van der Waals surface area (Å²) in [5, 5.41) is 12.5. The first-order valence-electron chi connectivity index (χ1n) is 5.43. The van der Waals surface area contributed by atoms with Gasteiger partial charge in [0.15, 0.2) is 0 Å². The monoisotopic (exact) mass is 197 g/mol. The molecule has 1 heterocycles. The van der Waals surface area contributed by atoms with Crippen LogP contribution in [0.5, 0.6) is 0 Å². The lowest BCUT2D eigenvalue weighted by atomic mass is 9.62. The highest BCUT2D eigenvalue weighted by Crippen LogP contribution is 2.58. The number of hydrogen-bond donors (Lipinski definition) is 2. The van der Waals surface area contributed by atoms with E-state index in [1.54, 1.807) is 0 Å². The minimum Gasteiger partial charge on any atom is -0.481 e. The van der Waals surface area contributed by atoms with Crippen LogP contribution in [0.2, 0.25) is 0 Å². The molecule has 1 saturated carbocycles. The molecule has 1 saturated heterocycles. The van der Waals surface area contributed by atoms with Crippen LogP contribution >= 0.6 is 0 Å². The molecular formula is C11H19NO2. The Morgan fingerprint density at radius 1 is 1.43 bits per heavy atom. The average Bonchev–Trinajstić information content (AvgIpc) is 2.59. The van der Waals surface area contributed by atoms with Gasteiger partial charge in [-0.15, -0.1) is 0 Å². The first-order valence-corrected chi connectivity index (χ1v) is 5.43. The standard InChI is InChI=1S/C11H19NO2/c1-10(2)4-3-5-11(10)7-12-6-8(11)9(13)14/h8,12H,3-7H2,1-2H3,(H,13,14). The molecule has 2 N–H and O–H groups in total. The fraction of sp³-hybridized carbons (Fsp3) is 0.909. The summed E-state index contributed by atoms with van der Waals surface area (Å²) in [6.45, 7) is 5.99. The zero-order valence-corrected chi connectivity index (χ0v) is 8.97. The summed E-state index contributed by atoms with van der Waals surface area (Å²) in [5.41, 5.74) is 0.193. The molecule has 1 spiro atoms. The highest BCUT2D eigenvalue weighted by Gasteiger charge is 2.57. The van der Waals surface area contributed by atoms with Crippen molar-refractivity contribution in [2.45, 2.75) is 33.1 Å². The van der Waals surface area contributed by atoms with E-state index in [2.05, 4.69) is 19.2 Å². The van der Waals surface area contributed by atoms with Gasteiger partial charge in [0.25, 0.3) is 0 Å². The van der Waals surface area contributed by atoms with E-state index in [0.29, 0.717) is 6.54 Å². The van der Waals surface area contributed by atoms with E-state index in [9.17, 15) is 9.90 Å². The zero-order valence-electron chi connectivity index (χ0n) is 8.97. The molecule has 3 nitrogen and oxygen atoms in total. The van der Waals surface area contributed by atoms with Crippen LogP contribution in [0.1, 0.15) is 33.1 Å². The van der Waals surface area contributed by atoms with Gasteiger partial charge in [0.05, 0.1) is 5.92 Å². The van der Waals surface area contributed by atoms with E-state index in [1.807, 2.05) is 0 Å². The van der Waals surface area contributed by atoms with Gasteiger partial charge in [0.1, 0.15) is 0 Å². The average molecular weight is 197 g/mol. The molecule has 1 aliphatic carbocycles. The van der Waals surface area contributed by atoms with Crippen molar-refractivity contribution in [1.29, 1.82) is 0 Å². The van der Waals surface area contributed by atoms with Gasteiger partial charge < -0.3 is 10.4 Å². The van der Waals surface area contributed by atoms with E-state index in [-0.39, 0.29) is 16.7 Å². The van der Waals surface area contributed by atoms with E-state index < -0.39 is 5.97 Å². The van der Waals surface area contributed by atoms with Crippen molar-refractivity contribution in [3.8, 4) is 0 Å². The van der Waals surface area contributed by atoms with Crippen LogP contribution in [0, 0.1) is 16.7 Å². The number of aliphatic carboxylic acids is 1. The van der Waals surface area contributed by atoms with Gasteiger partial charge in [-0.3, -0.25) is 4.79 Å². The predicted molar refractivity (Wildman–Crippen MR) is 54.1 cm³/mol. The van der Waals surface area contributed by atoms with Crippen molar-refractivity contribution >= 4 is 5.97 Å². The summed E-state index contributed by atoms with van der Waals surface area (Å²) in [6.07, 6.45) is 3.42. The Morgan fingerprint density at radius 2 is 2.14 bits per heavy atom. The summed E-state index contributed by atoms with van der Waals surface area (Å²) < 4.78 is 0. The van der Waals surface area contributed by atoms with Crippen molar-refractivity contribution < 1.29 is 9.90 Å². The molecule has 1 aliphatic heterocycles. The van der Waals surface area contributed by atoms with Gasteiger partial charge in [-0.05, 0) is 18.3 Å². The van der Waals surface area contributed by atoms with Crippen molar-refractivity contribution in [2.75, 3.05) is 13.1 Å². The summed E-state index contributed by atoms with van der Waals surface area (Å²) in [7, 11) is 0. The summed E-state index contributed by atoms with van der Waals surface area (Å²) >= 11 is 0. The molecule has 2 fully saturated rings. The van der Waals surface area contributed by atoms with Crippen LogP contribution in [0.15, 0.2) is 0 Å². The summed E-state index contributed by atoms with van der Waals surface area (Å²) in [6, 6.07) is 0. The Bertz CT molecular complexity index is 258. The number of carboxylic acid groups (broad SMARTS) is 1. The van der Waals surface area contributed by atoms with Crippen molar-refractivity contribution in [2.24, 2.45) is 16.7 Å². The number of carbonyl (C=O) groups is 1. The molecule has 2 atom stereocenters. The highest BCUT2D eigenvalue weighted by molar-refractivity contribution is 5.72. The maximum Gasteiger partial charge on any atom is 0.308 e. The molecule has 0 bridgehead atoms. The third-order valence-electron chi connectivity index (χ3n) is 4.53. The predicted octanol–water partition coefficient (Wildman–Crippen LogP) is 1.49. The third-order valence-corrected chi connectivity index (χ3v) is 4.53. The fourth-order valence-corrected chi connectivity index (χ4v) is 3.49. The molecule has 80 valence electrons. The molecule has 0 aromatic heterocycles. The van der Waals surface area contributed by atoms with Crippen LogP contribution < -0.4 is 5.32 Å². The highest BCUT2D eigenvalue weighted by atomic mass is 16.4. The van der Waals surface area contributed by atoms with E-state index >= 15 is 0 Å². The van der Waals surface area contributed by atoms with Crippen LogP contribution in [0.25, 0.3) is 0 Å². The molecule has 2 aliphatic rings. The largest absolute Gasteiger partial charge is 0.481 e. The maximum absolute atomic E-state index is 11.2. The van der Waals surface area contributed by atoms with Gasteiger partial charge in [0.2, 0.25) is 0 Å². The number of carboxylic acids is 1. The zero-order chi connectivity index (χ0) is 10.4. The Kier molecular flexibility index (Phi) is 2.11. The van der Waals surface area contributed by atoms with Crippen molar-refractivity contribution in [3.63, 3.8) is 0 Å². The van der Waals surface area contributed by atoms with Crippen LogP contribution in [0.4, 0.5) is 0 Å². The summed E-state index contributed by atoms with van der Waals surface area (Å²) in [4.78, 5) is 11.2. The second-order valence-corrected chi connectivity index (χ2v) is 5.42. The number of hydrogen-bond acceptors (Lipinski definition) is 2. The van der Waals surface area contributed by atoms with E-state index in [1.165, 1.54) is 12.8 Å². The molecule has 3 heteroatoms. The quantitative estimate of drug-likeness (QED) is 0.669. The van der Waals surface area contributed by atoms with E-state index in [0.717, 1.165) is 13.0 Å². The molecule has 0 aromatic carbocycles. The van der Waals surface area contributed by atoms with Gasteiger partial charge in [-0.2, -0.15) is 0 Å². The van der Waals surface area contributed by atoms with Crippen LogP contribution in [-0.2, 0) is 4.79 Å². The van der Waals surface area contributed by atoms with Gasteiger partial charge in [-0.25, -0.2) is 0 Å².